The van der Waals surface area contributed by atoms with Crippen LogP contribution in [0, 0.1) is 6.92 Å². The maximum atomic E-state index is 5.74. The minimum atomic E-state index is 0. The standard InChI is InChI=1S/C21H29N3O3.HI/c1-16-7-10-18(11-8-16)27-14-6-5-13-23-21(22-2)24-17-9-12-19(25-3)20(15-17)26-4;/h7-12,15H,5-6,13-14H2,1-4H3,(H2,22,23,24);1H. The van der Waals surface area contributed by atoms with Gasteiger partial charge in [-0.05, 0) is 44.0 Å². The molecular weight excluding hydrogens is 469 g/mol. The first-order valence-electron chi connectivity index (χ1n) is 9.05. The van der Waals surface area contributed by atoms with Crippen LogP contribution in [0.3, 0.4) is 0 Å². The zero-order valence-electron chi connectivity index (χ0n) is 17.0. The number of anilines is 1. The van der Waals surface area contributed by atoms with Crippen molar-refractivity contribution in [2.75, 3.05) is 39.7 Å². The number of hydrogen-bond donors (Lipinski definition) is 2. The number of aliphatic imine (C=N–C) groups is 1. The Morgan fingerprint density at radius 2 is 1.68 bits per heavy atom. The Bertz CT molecular complexity index is 736. The molecule has 0 aliphatic heterocycles. The van der Waals surface area contributed by atoms with Crippen LogP contribution in [0.5, 0.6) is 17.2 Å². The lowest BCUT2D eigenvalue weighted by molar-refractivity contribution is 0.307. The maximum Gasteiger partial charge on any atom is 0.195 e. The van der Waals surface area contributed by atoms with Crippen LogP contribution >= 0.6 is 24.0 Å². The van der Waals surface area contributed by atoms with Crippen molar-refractivity contribution in [3.8, 4) is 17.2 Å². The first-order chi connectivity index (χ1) is 13.2. The van der Waals surface area contributed by atoms with Crippen LogP contribution in [0.2, 0.25) is 0 Å². The number of guanidine groups is 1. The highest BCUT2D eigenvalue weighted by Crippen LogP contribution is 2.29. The molecule has 0 spiro atoms. The molecule has 2 rings (SSSR count). The molecule has 0 amide bonds. The van der Waals surface area contributed by atoms with E-state index in [1.165, 1.54) is 5.56 Å². The Morgan fingerprint density at radius 3 is 2.32 bits per heavy atom. The summed E-state index contributed by atoms with van der Waals surface area (Å²) in [5.41, 5.74) is 2.11. The second-order valence-corrected chi connectivity index (χ2v) is 6.06. The smallest absolute Gasteiger partial charge is 0.195 e. The van der Waals surface area contributed by atoms with Crippen molar-refractivity contribution >= 4 is 35.6 Å². The molecule has 0 fully saturated rings. The minimum absolute atomic E-state index is 0. The van der Waals surface area contributed by atoms with Gasteiger partial charge in [-0.25, -0.2) is 0 Å². The third-order valence-electron chi connectivity index (χ3n) is 4.02. The van der Waals surface area contributed by atoms with E-state index in [4.69, 9.17) is 14.2 Å². The topological polar surface area (TPSA) is 64.1 Å². The molecule has 6 nitrogen and oxygen atoms in total. The number of aryl methyl sites for hydroxylation is 1. The van der Waals surface area contributed by atoms with Gasteiger partial charge in [0.05, 0.1) is 20.8 Å². The lowest BCUT2D eigenvalue weighted by atomic mass is 10.2. The molecule has 28 heavy (non-hydrogen) atoms. The second kappa shape index (κ2) is 13.1. The van der Waals surface area contributed by atoms with Crippen molar-refractivity contribution in [1.29, 1.82) is 0 Å². The molecule has 0 saturated heterocycles. The summed E-state index contributed by atoms with van der Waals surface area (Å²) in [6.45, 7) is 3.58. The molecule has 7 heteroatoms. The number of nitrogens with zero attached hydrogens (tertiary/aromatic N) is 1. The quantitative estimate of drug-likeness (QED) is 0.231. The van der Waals surface area contributed by atoms with E-state index in [1.54, 1.807) is 21.3 Å². The number of benzene rings is 2. The second-order valence-electron chi connectivity index (χ2n) is 6.06. The average molecular weight is 499 g/mol. The summed E-state index contributed by atoms with van der Waals surface area (Å²) in [5, 5.41) is 6.55. The predicted octanol–water partition coefficient (Wildman–Crippen LogP) is 4.48. The van der Waals surface area contributed by atoms with E-state index >= 15 is 0 Å². The van der Waals surface area contributed by atoms with Crippen molar-refractivity contribution < 1.29 is 14.2 Å². The maximum absolute atomic E-state index is 5.74. The van der Waals surface area contributed by atoms with Crippen LogP contribution in [0.25, 0.3) is 0 Å². The Morgan fingerprint density at radius 1 is 0.964 bits per heavy atom. The highest BCUT2D eigenvalue weighted by Gasteiger charge is 2.06. The molecule has 0 aliphatic rings. The van der Waals surface area contributed by atoms with Gasteiger partial charge in [0.25, 0.3) is 0 Å². The fourth-order valence-electron chi connectivity index (χ4n) is 2.49. The molecule has 2 aromatic rings. The van der Waals surface area contributed by atoms with E-state index < -0.39 is 0 Å². The van der Waals surface area contributed by atoms with Crippen molar-refractivity contribution in [3.63, 3.8) is 0 Å². The molecule has 0 aromatic heterocycles. The SMILES string of the molecule is CN=C(NCCCCOc1ccc(C)cc1)Nc1ccc(OC)c(OC)c1.I. The normalized spacial score (nSPS) is 10.6. The van der Waals surface area contributed by atoms with Crippen LogP contribution in [0.1, 0.15) is 18.4 Å². The zero-order valence-corrected chi connectivity index (χ0v) is 19.3. The molecule has 154 valence electrons. The van der Waals surface area contributed by atoms with Crippen LogP contribution in [-0.2, 0) is 0 Å². The molecule has 0 saturated carbocycles. The van der Waals surface area contributed by atoms with E-state index in [2.05, 4.69) is 34.7 Å². The molecule has 0 unspecified atom stereocenters. The molecule has 0 aliphatic carbocycles. The molecule has 0 bridgehead atoms. The molecule has 2 aromatic carbocycles. The van der Waals surface area contributed by atoms with Crippen molar-refractivity contribution in [3.05, 3.63) is 48.0 Å². The van der Waals surface area contributed by atoms with Gasteiger partial charge in [0.2, 0.25) is 0 Å². The Kier molecular flexibility index (Phi) is 11.2. The van der Waals surface area contributed by atoms with Gasteiger partial charge in [0, 0.05) is 25.3 Å². The number of nitrogens with one attached hydrogen (secondary N) is 2. The van der Waals surface area contributed by atoms with E-state index in [-0.39, 0.29) is 24.0 Å². The fraction of sp³-hybridized carbons (Fsp3) is 0.381. The van der Waals surface area contributed by atoms with E-state index in [9.17, 15) is 0 Å². The number of hydrogen-bond acceptors (Lipinski definition) is 4. The summed E-state index contributed by atoms with van der Waals surface area (Å²) in [6, 6.07) is 13.8. The molecule has 0 heterocycles. The van der Waals surface area contributed by atoms with Gasteiger partial charge in [-0.2, -0.15) is 0 Å². The summed E-state index contributed by atoms with van der Waals surface area (Å²) in [5.74, 6) is 2.99. The fourth-order valence-corrected chi connectivity index (χ4v) is 2.49. The van der Waals surface area contributed by atoms with E-state index in [0.29, 0.717) is 24.1 Å². The first kappa shape index (κ1) is 23.9. The predicted molar refractivity (Wildman–Crippen MR) is 126 cm³/mol. The van der Waals surface area contributed by atoms with Gasteiger partial charge in [-0.15, -0.1) is 24.0 Å². The minimum Gasteiger partial charge on any atom is -0.494 e. The number of rotatable bonds is 9. The lowest BCUT2D eigenvalue weighted by Gasteiger charge is -2.14. The monoisotopic (exact) mass is 499 g/mol. The number of methoxy groups -OCH3 is 2. The Hall–Kier alpha value is -2.16. The van der Waals surface area contributed by atoms with Gasteiger partial charge in [-0.3, -0.25) is 4.99 Å². The van der Waals surface area contributed by atoms with Crippen LogP contribution in [-0.4, -0.2) is 40.4 Å². The summed E-state index contributed by atoms with van der Waals surface area (Å²) in [7, 11) is 4.98. The van der Waals surface area contributed by atoms with Crippen LogP contribution in [0.4, 0.5) is 5.69 Å². The average Bonchev–Trinajstić information content (AvgIpc) is 2.70. The largest absolute Gasteiger partial charge is 0.494 e. The number of unbranched alkanes of at least 4 members (excludes halogenated alkanes) is 1. The van der Waals surface area contributed by atoms with Crippen molar-refractivity contribution in [2.24, 2.45) is 4.99 Å². The molecule has 0 atom stereocenters. The van der Waals surface area contributed by atoms with Crippen LogP contribution in [0.15, 0.2) is 47.5 Å². The van der Waals surface area contributed by atoms with Gasteiger partial charge in [-0.1, -0.05) is 17.7 Å². The van der Waals surface area contributed by atoms with Crippen LogP contribution < -0.4 is 24.8 Å². The van der Waals surface area contributed by atoms with Crippen molar-refractivity contribution in [2.45, 2.75) is 19.8 Å². The van der Waals surface area contributed by atoms with Crippen molar-refractivity contribution in [1.82, 2.24) is 5.32 Å². The van der Waals surface area contributed by atoms with Gasteiger partial charge >= 0.3 is 0 Å². The third kappa shape index (κ3) is 7.84. The lowest BCUT2D eigenvalue weighted by Crippen LogP contribution is -2.31. The summed E-state index contributed by atoms with van der Waals surface area (Å²) < 4.78 is 16.3. The van der Waals surface area contributed by atoms with E-state index in [1.807, 2.05) is 30.3 Å². The summed E-state index contributed by atoms with van der Waals surface area (Å²) in [6.07, 6.45) is 1.95. The number of halogens is 1. The summed E-state index contributed by atoms with van der Waals surface area (Å²) >= 11 is 0. The van der Waals surface area contributed by atoms with Gasteiger partial charge in [0.1, 0.15) is 5.75 Å². The highest BCUT2D eigenvalue weighted by molar-refractivity contribution is 14.0. The Balaban J connectivity index is 0.00000392. The van der Waals surface area contributed by atoms with E-state index in [0.717, 1.165) is 30.8 Å². The molecule has 2 N–H and O–H groups in total. The van der Waals surface area contributed by atoms with Gasteiger partial charge in [0.15, 0.2) is 17.5 Å². The molecule has 0 radical (unpaired) electrons. The van der Waals surface area contributed by atoms with Gasteiger partial charge < -0.3 is 24.8 Å². The third-order valence-corrected chi connectivity index (χ3v) is 4.02. The zero-order chi connectivity index (χ0) is 19.5. The first-order valence-corrected chi connectivity index (χ1v) is 9.05. The summed E-state index contributed by atoms with van der Waals surface area (Å²) in [4.78, 5) is 4.25. The highest BCUT2D eigenvalue weighted by atomic mass is 127. The molecular formula is C21H30IN3O3. The Labute approximate surface area is 184 Å². The number of ether oxygens (including phenoxy) is 3.